The van der Waals surface area contributed by atoms with Crippen molar-refractivity contribution < 1.29 is 0 Å². The van der Waals surface area contributed by atoms with Crippen molar-refractivity contribution in [2.24, 2.45) is 5.41 Å². The van der Waals surface area contributed by atoms with Crippen molar-refractivity contribution in [3.05, 3.63) is 35.9 Å². The van der Waals surface area contributed by atoms with E-state index in [0.717, 1.165) is 19.6 Å². The summed E-state index contributed by atoms with van der Waals surface area (Å²) in [5.74, 6) is 0. The largest absolute Gasteiger partial charge is 0.314 e. The minimum Gasteiger partial charge on any atom is -0.314 e. The Hall–Kier alpha value is -0.860. The zero-order valence-electron chi connectivity index (χ0n) is 11.9. The molecule has 1 aliphatic heterocycles. The molecular formula is C16H26N2. The molecule has 1 aromatic rings. The molecule has 1 fully saturated rings. The monoisotopic (exact) mass is 246 g/mol. The molecule has 2 rings (SSSR count). The lowest BCUT2D eigenvalue weighted by molar-refractivity contribution is 0.141. The maximum Gasteiger partial charge on any atom is 0.0473 e. The molecule has 1 saturated heterocycles. The average molecular weight is 246 g/mol. The molecule has 100 valence electrons. The Balaban J connectivity index is 2.02. The Morgan fingerprint density at radius 2 is 1.94 bits per heavy atom. The number of hydrogen-bond donors (Lipinski definition) is 1. The van der Waals surface area contributed by atoms with E-state index in [-0.39, 0.29) is 0 Å². The molecule has 0 spiro atoms. The topological polar surface area (TPSA) is 15.3 Å². The van der Waals surface area contributed by atoms with Crippen LogP contribution in [0.15, 0.2) is 30.3 Å². The number of nitrogens with zero attached hydrogens (tertiary/aromatic N) is 1. The fourth-order valence-electron chi connectivity index (χ4n) is 2.50. The molecule has 2 heteroatoms. The van der Waals surface area contributed by atoms with Gasteiger partial charge in [-0.2, -0.15) is 0 Å². The van der Waals surface area contributed by atoms with Crippen LogP contribution in [0.25, 0.3) is 0 Å². The first-order valence-corrected chi connectivity index (χ1v) is 7.06. The standard InChI is InChI=1S/C16H26N2/c1-16(2,3)9-11-18-12-10-17-13-15(18)14-7-5-4-6-8-14/h4-8,15,17H,9-13H2,1-3H3. The van der Waals surface area contributed by atoms with Gasteiger partial charge in [0.05, 0.1) is 0 Å². The Morgan fingerprint density at radius 3 is 2.61 bits per heavy atom. The zero-order valence-corrected chi connectivity index (χ0v) is 11.9. The molecule has 0 saturated carbocycles. The van der Waals surface area contributed by atoms with Crippen LogP contribution in [0.5, 0.6) is 0 Å². The van der Waals surface area contributed by atoms with E-state index in [1.54, 1.807) is 0 Å². The highest BCUT2D eigenvalue weighted by Gasteiger charge is 2.24. The minimum absolute atomic E-state index is 0.423. The molecule has 1 aromatic carbocycles. The second-order valence-corrected chi connectivity index (χ2v) is 6.48. The van der Waals surface area contributed by atoms with Crippen molar-refractivity contribution in [2.75, 3.05) is 26.2 Å². The van der Waals surface area contributed by atoms with Gasteiger partial charge in [0.25, 0.3) is 0 Å². The molecule has 0 aromatic heterocycles. The first-order valence-electron chi connectivity index (χ1n) is 7.06. The van der Waals surface area contributed by atoms with Crippen LogP contribution >= 0.6 is 0 Å². The molecule has 0 bridgehead atoms. The smallest absolute Gasteiger partial charge is 0.0473 e. The van der Waals surface area contributed by atoms with E-state index in [9.17, 15) is 0 Å². The van der Waals surface area contributed by atoms with E-state index in [1.165, 1.54) is 18.5 Å². The Labute approximate surface area is 111 Å². The van der Waals surface area contributed by atoms with Crippen LogP contribution in [0.1, 0.15) is 38.8 Å². The molecule has 0 amide bonds. The molecule has 1 aliphatic rings. The lowest BCUT2D eigenvalue weighted by Gasteiger charge is -2.38. The zero-order chi connectivity index (χ0) is 13.0. The van der Waals surface area contributed by atoms with Gasteiger partial charge in [0, 0.05) is 25.7 Å². The van der Waals surface area contributed by atoms with Crippen LogP contribution in [0.3, 0.4) is 0 Å². The summed E-state index contributed by atoms with van der Waals surface area (Å²) in [5, 5.41) is 3.52. The molecular weight excluding hydrogens is 220 g/mol. The van der Waals surface area contributed by atoms with Gasteiger partial charge in [0.15, 0.2) is 0 Å². The maximum atomic E-state index is 3.52. The number of rotatable bonds is 3. The molecule has 1 heterocycles. The van der Waals surface area contributed by atoms with Crippen LogP contribution in [-0.4, -0.2) is 31.1 Å². The van der Waals surface area contributed by atoms with E-state index in [2.05, 4.69) is 61.3 Å². The van der Waals surface area contributed by atoms with Gasteiger partial charge < -0.3 is 5.32 Å². The lowest BCUT2D eigenvalue weighted by Crippen LogP contribution is -2.46. The van der Waals surface area contributed by atoms with Crippen molar-refractivity contribution in [1.82, 2.24) is 10.2 Å². The Bertz CT molecular complexity index is 353. The summed E-state index contributed by atoms with van der Waals surface area (Å²) in [5.41, 5.74) is 1.87. The van der Waals surface area contributed by atoms with Gasteiger partial charge in [-0.15, -0.1) is 0 Å². The predicted molar refractivity (Wildman–Crippen MR) is 77.7 cm³/mol. The SMILES string of the molecule is CC(C)(C)CCN1CCNCC1c1ccccc1. The molecule has 0 radical (unpaired) electrons. The van der Waals surface area contributed by atoms with Gasteiger partial charge in [-0.25, -0.2) is 0 Å². The van der Waals surface area contributed by atoms with Crippen molar-refractivity contribution >= 4 is 0 Å². The summed E-state index contributed by atoms with van der Waals surface area (Å²) in [6, 6.07) is 11.4. The Morgan fingerprint density at radius 1 is 1.22 bits per heavy atom. The van der Waals surface area contributed by atoms with Crippen LogP contribution < -0.4 is 5.32 Å². The van der Waals surface area contributed by atoms with Crippen LogP contribution in [0.4, 0.5) is 0 Å². The van der Waals surface area contributed by atoms with Gasteiger partial charge in [-0.3, -0.25) is 4.90 Å². The van der Waals surface area contributed by atoms with Crippen LogP contribution in [-0.2, 0) is 0 Å². The molecule has 2 nitrogen and oxygen atoms in total. The van der Waals surface area contributed by atoms with Gasteiger partial charge in [0.2, 0.25) is 0 Å². The maximum absolute atomic E-state index is 3.52. The highest BCUT2D eigenvalue weighted by Crippen LogP contribution is 2.25. The summed E-state index contributed by atoms with van der Waals surface area (Å²) in [4.78, 5) is 2.64. The first kappa shape index (κ1) is 13.6. The molecule has 18 heavy (non-hydrogen) atoms. The molecule has 0 aliphatic carbocycles. The highest BCUT2D eigenvalue weighted by molar-refractivity contribution is 5.20. The number of benzene rings is 1. The quantitative estimate of drug-likeness (QED) is 0.882. The number of hydrogen-bond acceptors (Lipinski definition) is 2. The highest BCUT2D eigenvalue weighted by atomic mass is 15.2. The average Bonchev–Trinajstić information content (AvgIpc) is 2.37. The second-order valence-electron chi connectivity index (χ2n) is 6.48. The van der Waals surface area contributed by atoms with Crippen molar-refractivity contribution in [3.8, 4) is 0 Å². The van der Waals surface area contributed by atoms with E-state index < -0.39 is 0 Å². The van der Waals surface area contributed by atoms with Crippen LogP contribution in [0.2, 0.25) is 0 Å². The summed E-state index contributed by atoms with van der Waals surface area (Å²) in [6.07, 6.45) is 1.26. The molecule has 1 unspecified atom stereocenters. The predicted octanol–water partition coefficient (Wildman–Crippen LogP) is 3.07. The summed E-state index contributed by atoms with van der Waals surface area (Å²) in [6.45, 7) is 11.5. The van der Waals surface area contributed by atoms with E-state index in [0.29, 0.717) is 11.5 Å². The third-order valence-corrected chi connectivity index (χ3v) is 3.69. The van der Waals surface area contributed by atoms with Gasteiger partial charge >= 0.3 is 0 Å². The van der Waals surface area contributed by atoms with Gasteiger partial charge in [0.1, 0.15) is 0 Å². The Kier molecular flexibility index (Phi) is 4.41. The lowest BCUT2D eigenvalue weighted by atomic mass is 9.91. The summed E-state index contributed by atoms with van der Waals surface area (Å²) in [7, 11) is 0. The van der Waals surface area contributed by atoms with E-state index in [1.807, 2.05) is 0 Å². The van der Waals surface area contributed by atoms with Gasteiger partial charge in [-0.05, 0) is 23.9 Å². The summed E-state index contributed by atoms with van der Waals surface area (Å²) >= 11 is 0. The molecule has 1 N–H and O–H groups in total. The summed E-state index contributed by atoms with van der Waals surface area (Å²) < 4.78 is 0. The fraction of sp³-hybridized carbons (Fsp3) is 0.625. The van der Waals surface area contributed by atoms with Gasteiger partial charge in [-0.1, -0.05) is 51.1 Å². The van der Waals surface area contributed by atoms with Crippen molar-refractivity contribution in [1.29, 1.82) is 0 Å². The van der Waals surface area contributed by atoms with E-state index in [4.69, 9.17) is 0 Å². The second kappa shape index (κ2) is 5.85. The van der Waals surface area contributed by atoms with E-state index >= 15 is 0 Å². The normalized spacial score (nSPS) is 22.1. The minimum atomic E-state index is 0.423. The van der Waals surface area contributed by atoms with Crippen LogP contribution in [0, 0.1) is 5.41 Å². The third kappa shape index (κ3) is 3.82. The molecule has 1 atom stereocenters. The fourth-order valence-corrected chi connectivity index (χ4v) is 2.50. The number of nitrogens with one attached hydrogen (secondary N) is 1. The van der Waals surface area contributed by atoms with Crippen molar-refractivity contribution in [2.45, 2.75) is 33.2 Å². The van der Waals surface area contributed by atoms with Crippen molar-refractivity contribution in [3.63, 3.8) is 0 Å². The number of piperazine rings is 1. The first-order chi connectivity index (χ1) is 8.56. The third-order valence-electron chi connectivity index (χ3n) is 3.69.